The molecule has 0 saturated heterocycles. The maximum absolute atomic E-state index is 13.8. The lowest BCUT2D eigenvalue weighted by atomic mass is 9.69. The van der Waals surface area contributed by atoms with E-state index >= 15 is 0 Å². The van der Waals surface area contributed by atoms with Gasteiger partial charge in [0.2, 0.25) is 5.91 Å². The highest BCUT2D eigenvalue weighted by Crippen LogP contribution is 2.52. The van der Waals surface area contributed by atoms with Crippen molar-refractivity contribution in [3.63, 3.8) is 0 Å². The Labute approximate surface area is 185 Å². The lowest BCUT2D eigenvalue weighted by Gasteiger charge is -2.54. The SMILES string of the molecule is O=C(NCc1ccccc1)C1c2ccccc2C(=O)N(C2CCCCC2)C12CCCC2. The minimum Gasteiger partial charge on any atom is -0.351 e. The van der Waals surface area contributed by atoms with Crippen molar-refractivity contribution in [2.75, 3.05) is 0 Å². The minimum absolute atomic E-state index is 0.0616. The van der Waals surface area contributed by atoms with E-state index in [1.165, 1.54) is 19.3 Å². The van der Waals surface area contributed by atoms with E-state index in [2.05, 4.69) is 10.2 Å². The Morgan fingerprint density at radius 1 is 0.903 bits per heavy atom. The van der Waals surface area contributed by atoms with Crippen molar-refractivity contribution in [3.8, 4) is 0 Å². The van der Waals surface area contributed by atoms with Gasteiger partial charge in [0, 0.05) is 18.2 Å². The standard InChI is InChI=1S/C27H32N2O2/c30-25(28-19-20-11-3-1-4-12-20)24-22-15-7-8-16-23(22)26(31)29(21-13-5-2-6-14-21)27(24)17-9-10-18-27/h1,3-4,7-8,11-12,15-16,21,24H,2,5-6,9-10,13-14,17-19H2,(H,28,30). The normalized spacial score (nSPS) is 23.0. The molecule has 2 aliphatic carbocycles. The number of carbonyl (C=O) groups is 2. The first-order chi connectivity index (χ1) is 15.2. The van der Waals surface area contributed by atoms with E-state index in [-0.39, 0.29) is 29.3 Å². The topological polar surface area (TPSA) is 49.4 Å². The molecule has 3 aliphatic rings. The van der Waals surface area contributed by atoms with Gasteiger partial charge in [-0.05, 0) is 42.9 Å². The van der Waals surface area contributed by atoms with Crippen LogP contribution in [0.15, 0.2) is 54.6 Å². The van der Waals surface area contributed by atoms with Crippen molar-refractivity contribution in [2.24, 2.45) is 0 Å². The molecular formula is C27H32N2O2. The number of rotatable bonds is 4. The first kappa shape index (κ1) is 20.3. The van der Waals surface area contributed by atoms with Gasteiger partial charge in [0.05, 0.1) is 11.5 Å². The van der Waals surface area contributed by atoms with Crippen LogP contribution in [-0.2, 0) is 11.3 Å². The lowest BCUT2D eigenvalue weighted by Crippen LogP contribution is -2.63. The van der Waals surface area contributed by atoms with Crippen molar-refractivity contribution < 1.29 is 9.59 Å². The minimum atomic E-state index is -0.381. The molecule has 4 nitrogen and oxygen atoms in total. The number of hydrogen-bond donors (Lipinski definition) is 1. The number of carbonyl (C=O) groups excluding carboxylic acids is 2. The second-order valence-electron chi connectivity index (χ2n) is 9.50. The predicted octanol–water partition coefficient (Wildman–Crippen LogP) is 5.19. The van der Waals surface area contributed by atoms with E-state index in [1.807, 2.05) is 54.6 Å². The molecule has 1 N–H and O–H groups in total. The van der Waals surface area contributed by atoms with Crippen LogP contribution in [0.1, 0.15) is 85.2 Å². The number of amides is 2. The maximum Gasteiger partial charge on any atom is 0.254 e. The van der Waals surface area contributed by atoms with E-state index in [4.69, 9.17) is 0 Å². The average Bonchev–Trinajstić information content (AvgIpc) is 3.28. The predicted molar refractivity (Wildman–Crippen MR) is 122 cm³/mol. The van der Waals surface area contributed by atoms with Gasteiger partial charge >= 0.3 is 0 Å². The Hall–Kier alpha value is -2.62. The largest absolute Gasteiger partial charge is 0.351 e. The summed E-state index contributed by atoms with van der Waals surface area (Å²) in [4.78, 5) is 29.8. The van der Waals surface area contributed by atoms with Gasteiger partial charge in [-0.15, -0.1) is 0 Å². The van der Waals surface area contributed by atoms with Crippen molar-refractivity contribution >= 4 is 11.8 Å². The summed E-state index contributed by atoms with van der Waals surface area (Å²) in [6.45, 7) is 0.520. The fraction of sp³-hybridized carbons (Fsp3) is 0.481. The second-order valence-corrected chi connectivity index (χ2v) is 9.50. The van der Waals surface area contributed by atoms with E-state index in [0.29, 0.717) is 6.54 Å². The summed E-state index contributed by atoms with van der Waals surface area (Å²) < 4.78 is 0. The van der Waals surface area contributed by atoms with Gasteiger partial charge in [0.15, 0.2) is 0 Å². The van der Waals surface area contributed by atoms with Crippen molar-refractivity contribution in [2.45, 2.75) is 81.8 Å². The molecule has 1 spiro atoms. The van der Waals surface area contributed by atoms with Gasteiger partial charge in [0.1, 0.15) is 0 Å². The highest BCUT2D eigenvalue weighted by molar-refractivity contribution is 6.02. The summed E-state index contributed by atoms with van der Waals surface area (Å²) >= 11 is 0. The van der Waals surface area contributed by atoms with E-state index < -0.39 is 0 Å². The first-order valence-electron chi connectivity index (χ1n) is 11.9. The molecule has 2 saturated carbocycles. The fourth-order valence-corrected chi connectivity index (χ4v) is 6.36. The molecule has 0 aromatic heterocycles. The molecule has 2 aromatic carbocycles. The Morgan fingerprint density at radius 3 is 2.32 bits per heavy atom. The molecule has 2 aromatic rings. The Morgan fingerprint density at radius 2 is 1.58 bits per heavy atom. The second kappa shape index (κ2) is 8.49. The number of nitrogens with zero attached hydrogens (tertiary/aromatic N) is 1. The van der Waals surface area contributed by atoms with Crippen LogP contribution >= 0.6 is 0 Å². The summed E-state index contributed by atoms with van der Waals surface area (Å²) in [5.74, 6) is -0.0856. The molecule has 0 radical (unpaired) electrons. The molecule has 162 valence electrons. The molecular weight excluding hydrogens is 384 g/mol. The van der Waals surface area contributed by atoms with E-state index in [9.17, 15) is 9.59 Å². The third-order valence-electron chi connectivity index (χ3n) is 7.72. The third-order valence-corrected chi connectivity index (χ3v) is 7.72. The lowest BCUT2D eigenvalue weighted by molar-refractivity contribution is -0.127. The highest BCUT2D eigenvalue weighted by atomic mass is 16.2. The van der Waals surface area contributed by atoms with Gasteiger partial charge < -0.3 is 10.2 Å². The van der Waals surface area contributed by atoms with Crippen molar-refractivity contribution in [1.82, 2.24) is 10.2 Å². The summed E-state index contributed by atoms with van der Waals surface area (Å²) in [5, 5.41) is 3.22. The molecule has 1 atom stereocenters. The van der Waals surface area contributed by atoms with Crippen molar-refractivity contribution in [1.29, 1.82) is 0 Å². The van der Waals surface area contributed by atoms with Gasteiger partial charge in [-0.25, -0.2) is 0 Å². The molecule has 1 heterocycles. The van der Waals surface area contributed by atoms with Gasteiger partial charge in [-0.3, -0.25) is 9.59 Å². The zero-order valence-corrected chi connectivity index (χ0v) is 18.2. The molecule has 5 rings (SSSR count). The zero-order valence-electron chi connectivity index (χ0n) is 18.2. The van der Waals surface area contributed by atoms with Crippen LogP contribution in [0.2, 0.25) is 0 Å². The molecule has 1 unspecified atom stereocenters. The van der Waals surface area contributed by atoms with Crippen LogP contribution in [-0.4, -0.2) is 28.3 Å². The molecule has 2 fully saturated rings. The number of nitrogens with one attached hydrogen (secondary N) is 1. The molecule has 0 bridgehead atoms. The summed E-state index contributed by atoms with van der Waals surface area (Å²) in [6.07, 6.45) is 9.75. The molecule has 2 amide bonds. The Bertz CT molecular complexity index is 943. The van der Waals surface area contributed by atoms with Gasteiger partial charge in [-0.2, -0.15) is 0 Å². The quantitative estimate of drug-likeness (QED) is 0.746. The summed E-state index contributed by atoms with van der Waals surface area (Å²) in [7, 11) is 0. The average molecular weight is 417 g/mol. The Balaban J connectivity index is 1.54. The van der Waals surface area contributed by atoms with E-state index in [0.717, 1.165) is 55.2 Å². The van der Waals surface area contributed by atoms with Crippen LogP contribution < -0.4 is 5.32 Å². The zero-order chi connectivity index (χ0) is 21.3. The molecule has 4 heteroatoms. The molecule has 1 aliphatic heterocycles. The highest BCUT2D eigenvalue weighted by Gasteiger charge is 2.57. The third kappa shape index (κ3) is 3.56. The van der Waals surface area contributed by atoms with E-state index in [1.54, 1.807) is 0 Å². The maximum atomic E-state index is 13.8. The Kier molecular flexibility index (Phi) is 5.56. The summed E-state index contributed by atoms with van der Waals surface area (Å²) in [5.41, 5.74) is 2.37. The monoisotopic (exact) mass is 416 g/mol. The van der Waals surface area contributed by atoms with Gasteiger partial charge in [0.25, 0.3) is 5.91 Å². The van der Waals surface area contributed by atoms with Crippen LogP contribution in [0.5, 0.6) is 0 Å². The first-order valence-corrected chi connectivity index (χ1v) is 11.9. The van der Waals surface area contributed by atoms with Crippen LogP contribution in [0.25, 0.3) is 0 Å². The number of hydrogen-bond acceptors (Lipinski definition) is 2. The number of fused-ring (bicyclic) bond motifs is 1. The fourth-order valence-electron chi connectivity index (χ4n) is 6.36. The number of benzene rings is 2. The van der Waals surface area contributed by atoms with Crippen LogP contribution in [0, 0.1) is 0 Å². The summed E-state index contributed by atoms with van der Waals surface area (Å²) in [6, 6.07) is 18.2. The molecule has 31 heavy (non-hydrogen) atoms. The van der Waals surface area contributed by atoms with Crippen LogP contribution in [0.4, 0.5) is 0 Å². The smallest absolute Gasteiger partial charge is 0.254 e. The van der Waals surface area contributed by atoms with Crippen molar-refractivity contribution in [3.05, 3.63) is 71.3 Å². The van der Waals surface area contributed by atoms with Gasteiger partial charge in [-0.1, -0.05) is 80.6 Å². The van der Waals surface area contributed by atoms with Crippen LogP contribution in [0.3, 0.4) is 0 Å².